The average Bonchev–Trinajstić information content (AvgIpc) is 3.04. The Morgan fingerprint density at radius 2 is 0.905 bits per heavy atom. The molecule has 0 heterocycles. The van der Waals surface area contributed by atoms with Gasteiger partial charge in [0.15, 0.2) is 0 Å². The minimum absolute atomic E-state index is 0.204. The number of allylic oxidation sites excluding steroid dienone is 2. The average molecular weight is 574 g/mol. The van der Waals surface area contributed by atoms with Crippen molar-refractivity contribution in [1.82, 2.24) is 0 Å². The summed E-state index contributed by atoms with van der Waals surface area (Å²) in [4.78, 5) is 0. The van der Waals surface area contributed by atoms with Crippen molar-refractivity contribution in [2.45, 2.75) is 0 Å². The van der Waals surface area contributed by atoms with E-state index in [4.69, 9.17) is 43.3 Å². The largest absolute Gasteiger partial charge is 0.496 e. The number of rotatable bonds is 10. The molecule has 1 aliphatic rings. The maximum atomic E-state index is 8.26. The Kier molecular flexibility index (Phi) is 9.32. The van der Waals surface area contributed by atoms with Crippen LogP contribution >= 0.6 is 0 Å². The molecule has 0 saturated carbocycles. The van der Waals surface area contributed by atoms with E-state index in [0.717, 1.165) is 5.22 Å². The van der Waals surface area contributed by atoms with Crippen molar-refractivity contribution in [3.05, 3.63) is 93.8 Å². The molecule has 9 heteroatoms. The molecule has 9 nitrogen and oxygen atoms in total. The molecule has 0 unspecified atom stereocenters. The summed E-state index contributed by atoms with van der Waals surface area (Å²) >= 11 is 0. The second-order valence-electron chi connectivity index (χ2n) is 8.96. The van der Waals surface area contributed by atoms with Gasteiger partial charge < -0.3 is 37.9 Å². The van der Waals surface area contributed by atoms with Gasteiger partial charge in [0.05, 0.1) is 78.9 Å². The molecule has 1 aliphatic carbocycles. The lowest BCUT2D eigenvalue weighted by Crippen LogP contribution is -2.22. The Morgan fingerprint density at radius 3 is 1.26 bits per heavy atom. The Bertz CT molecular complexity index is 1550. The van der Waals surface area contributed by atoms with Crippen molar-refractivity contribution in [1.29, 1.82) is 5.41 Å². The molecule has 3 aromatic rings. The van der Waals surface area contributed by atoms with E-state index in [1.807, 2.05) is 48.5 Å². The lowest BCUT2D eigenvalue weighted by molar-refractivity contribution is 0.301. The van der Waals surface area contributed by atoms with E-state index in [1.54, 1.807) is 61.9 Å². The van der Waals surface area contributed by atoms with Gasteiger partial charge in [-0.15, -0.1) is 0 Å². The predicted molar refractivity (Wildman–Crippen MR) is 161 cm³/mol. The quantitative estimate of drug-likeness (QED) is 0.385. The first-order valence-electron chi connectivity index (χ1n) is 12.9. The van der Waals surface area contributed by atoms with Crippen molar-refractivity contribution in [3.63, 3.8) is 0 Å². The molecule has 0 fully saturated rings. The molecule has 3 aromatic carbocycles. The van der Waals surface area contributed by atoms with Crippen LogP contribution in [0.1, 0.15) is 11.1 Å². The van der Waals surface area contributed by atoms with Crippen LogP contribution in [0.4, 0.5) is 0 Å². The first kappa shape index (κ1) is 29.9. The van der Waals surface area contributed by atoms with Crippen LogP contribution in [0.15, 0.2) is 72.2 Å². The molecule has 1 N–H and O–H groups in total. The molecule has 0 saturated heterocycles. The van der Waals surface area contributed by atoms with Gasteiger partial charge in [0, 0.05) is 17.2 Å². The lowest BCUT2D eigenvalue weighted by Gasteiger charge is -2.22. The number of hydrogen-bond donors (Lipinski definition) is 1. The summed E-state index contributed by atoms with van der Waals surface area (Å²) in [6.45, 7) is 0. The van der Waals surface area contributed by atoms with E-state index in [1.165, 1.54) is 7.11 Å². The maximum absolute atomic E-state index is 8.26. The third kappa shape index (κ3) is 5.33. The zero-order chi connectivity index (χ0) is 30.4. The van der Waals surface area contributed by atoms with Crippen LogP contribution in [0.25, 0.3) is 11.1 Å². The Labute approximate surface area is 245 Å². The van der Waals surface area contributed by atoms with Crippen molar-refractivity contribution in [3.8, 4) is 34.5 Å². The van der Waals surface area contributed by atoms with Gasteiger partial charge in [0.1, 0.15) is 46.0 Å². The van der Waals surface area contributed by atoms with Gasteiger partial charge >= 0.3 is 0 Å². The highest BCUT2D eigenvalue weighted by Gasteiger charge is 2.27. The number of methoxy groups -OCH3 is 8. The molecular formula is C33H35NO8. The van der Waals surface area contributed by atoms with Gasteiger partial charge in [-0.05, 0) is 47.7 Å². The van der Waals surface area contributed by atoms with E-state index in [-0.39, 0.29) is 5.71 Å². The topological polar surface area (TPSA) is 97.7 Å². The summed E-state index contributed by atoms with van der Waals surface area (Å²) in [5.41, 5.74) is 2.83. The fourth-order valence-electron chi connectivity index (χ4n) is 5.01. The first-order chi connectivity index (χ1) is 20.4. The van der Waals surface area contributed by atoms with Crippen LogP contribution in [-0.4, -0.2) is 62.6 Å². The van der Waals surface area contributed by atoms with Crippen molar-refractivity contribution in [2.75, 3.05) is 56.9 Å². The van der Waals surface area contributed by atoms with Gasteiger partial charge in [-0.2, -0.15) is 0 Å². The van der Waals surface area contributed by atoms with E-state index >= 15 is 0 Å². The standard InChI is InChI=1S/C33H35NO8/c1-35-22-11-9-12-23(36-2)30(22)33(31-24(37-3)13-10-14-25(31)38-4)32-28(41-7)15-19(16-29(32)42-8)20-17-27(40-6)21(34)18-26(20)39-5/h9-18,34H,1-8H3. The summed E-state index contributed by atoms with van der Waals surface area (Å²) in [5, 5.41) is 9.59. The summed E-state index contributed by atoms with van der Waals surface area (Å²) in [7, 11) is 12.7. The minimum Gasteiger partial charge on any atom is -0.496 e. The monoisotopic (exact) mass is 573 g/mol. The predicted octanol–water partition coefficient (Wildman–Crippen LogP) is 4.23. The van der Waals surface area contributed by atoms with E-state index in [0.29, 0.717) is 73.5 Å². The molecule has 0 radical (unpaired) electrons. The van der Waals surface area contributed by atoms with E-state index in [2.05, 4.69) is 0 Å². The van der Waals surface area contributed by atoms with Crippen molar-refractivity contribution < 1.29 is 37.9 Å². The summed E-state index contributed by atoms with van der Waals surface area (Å²) < 4.78 is 46.6. The Morgan fingerprint density at radius 1 is 0.500 bits per heavy atom. The highest BCUT2D eigenvalue weighted by Crippen LogP contribution is 2.44. The molecule has 4 rings (SSSR count). The summed E-state index contributed by atoms with van der Waals surface area (Å²) in [6.07, 6.45) is 3.37. The third-order valence-corrected chi connectivity index (χ3v) is 6.94. The Hall–Kier alpha value is -5.05. The molecule has 220 valence electrons. The van der Waals surface area contributed by atoms with Crippen LogP contribution in [-0.2, 0) is 9.47 Å². The molecule has 0 atom stereocenters. The summed E-state index contributed by atoms with van der Waals surface area (Å²) in [5.74, 6) is 4.10. The summed E-state index contributed by atoms with van der Waals surface area (Å²) in [6, 6.07) is 14.9. The van der Waals surface area contributed by atoms with Crippen molar-refractivity contribution >= 4 is 16.9 Å². The molecular weight excluding hydrogens is 538 g/mol. The zero-order valence-corrected chi connectivity index (χ0v) is 25.0. The SMILES string of the molecule is COC1=CC(=c2cc(OC)c(=C(c3c(OC)cccc3OC)c3c(OC)cccc3OC)c(OC)c2)C(OC)=CC1=N. The second kappa shape index (κ2) is 13.1. The highest BCUT2D eigenvalue weighted by molar-refractivity contribution is 6.10. The van der Waals surface area contributed by atoms with E-state index < -0.39 is 0 Å². The molecule has 42 heavy (non-hydrogen) atoms. The number of benzene rings is 3. The fraction of sp³-hybridized carbons (Fsp3) is 0.242. The first-order valence-corrected chi connectivity index (χ1v) is 12.9. The van der Waals surface area contributed by atoms with Crippen molar-refractivity contribution in [2.24, 2.45) is 0 Å². The third-order valence-electron chi connectivity index (χ3n) is 6.94. The van der Waals surface area contributed by atoms with E-state index in [9.17, 15) is 0 Å². The second-order valence-corrected chi connectivity index (χ2v) is 8.96. The van der Waals surface area contributed by atoms with Gasteiger partial charge in [0.2, 0.25) is 0 Å². The molecule has 0 aromatic heterocycles. The molecule has 0 spiro atoms. The minimum atomic E-state index is 0.204. The Balaban J connectivity index is 2.33. The molecule has 0 bridgehead atoms. The van der Waals surface area contributed by atoms with Gasteiger partial charge in [-0.3, -0.25) is 5.41 Å². The number of hydrogen-bond acceptors (Lipinski definition) is 9. The van der Waals surface area contributed by atoms with Crippen LogP contribution in [0.2, 0.25) is 0 Å². The van der Waals surface area contributed by atoms with Crippen LogP contribution in [0, 0.1) is 5.41 Å². The molecule has 0 aliphatic heterocycles. The van der Waals surface area contributed by atoms with Crippen LogP contribution in [0.5, 0.6) is 34.5 Å². The normalized spacial score (nSPS) is 12.6. The van der Waals surface area contributed by atoms with Crippen LogP contribution in [0.3, 0.4) is 0 Å². The van der Waals surface area contributed by atoms with Gasteiger partial charge in [0.25, 0.3) is 0 Å². The number of ether oxygens (including phenoxy) is 8. The highest BCUT2D eigenvalue weighted by atomic mass is 16.5. The number of nitrogens with one attached hydrogen (secondary N) is 1. The maximum Gasteiger partial charge on any atom is 0.144 e. The van der Waals surface area contributed by atoms with Gasteiger partial charge in [-0.1, -0.05) is 12.1 Å². The van der Waals surface area contributed by atoms with Crippen LogP contribution < -0.4 is 38.9 Å². The smallest absolute Gasteiger partial charge is 0.144 e. The molecule has 0 amide bonds. The lowest BCUT2D eigenvalue weighted by atomic mass is 9.91. The zero-order valence-electron chi connectivity index (χ0n) is 25.0. The van der Waals surface area contributed by atoms with Gasteiger partial charge in [-0.25, -0.2) is 0 Å². The fourth-order valence-corrected chi connectivity index (χ4v) is 5.01.